The van der Waals surface area contributed by atoms with Crippen molar-refractivity contribution in [3.8, 4) is 0 Å². The molecule has 1 aromatic rings. The average Bonchev–Trinajstić information content (AvgIpc) is 2.96. The van der Waals surface area contributed by atoms with Crippen molar-refractivity contribution < 1.29 is 19.1 Å². The molecule has 0 spiro atoms. The fourth-order valence-electron chi connectivity index (χ4n) is 1.50. The fraction of sp³-hybridized carbons (Fsp3) is 0.600. The van der Waals surface area contributed by atoms with Crippen molar-refractivity contribution in [1.82, 2.24) is 4.98 Å². The molecule has 0 aliphatic heterocycles. The number of carboxylic acids is 1. The highest BCUT2D eigenvalue weighted by Crippen LogP contribution is 2.30. The second-order valence-corrected chi connectivity index (χ2v) is 3.74. The molecule has 88 valence electrons. The molecule has 1 N–H and O–H groups in total. The summed E-state index contributed by atoms with van der Waals surface area (Å²) >= 11 is 0. The zero-order valence-electron chi connectivity index (χ0n) is 9.05. The van der Waals surface area contributed by atoms with Gasteiger partial charge in [0.2, 0.25) is 0 Å². The normalized spacial score (nSPS) is 15.1. The van der Waals surface area contributed by atoms with Gasteiger partial charge in [-0.25, -0.2) is 4.79 Å². The lowest BCUT2D eigenvalue weighted by atomic mass is 10.5. The van der Waals surface area contributed by atoms with Gasteiger partial charge in [-0.2, -0.15) is 4.98 Å². The first-order chi connectivity index (χ1) is 7.72. The molecule has 1 aliphatic rings. The van der Waals surface area contributed by atoms with E-state index in [0.717, 1.165) is 12.8 Å². The van der Waals surface area contributed by atoms with Gasteiger partial charge in [-0.3, -0.25) is 0 Å². The van der Waals surface area contributed by atoms with Crippen molar-refractivity contribution >= 4 is 12.0 Å². The molecule has 6 nitrogen and oxygen atoms in total. The van der Waals surface area contributed by atoms with Crippen LogP contribution in [-0.2, 0) is 4.74 Å². The Morgan fingerprint density at radius 2 is 2.50 bits per heavy atom. The van der Waals surface area contributed by atoms with E-state index < -0.39 is 5.97 Å². The van der Waals surface area contributed by atoms with Gasteiger partial charge >= 0.3 is 5.97 Å². The Bertz CT molecular complexity index is 373. The van der Waals surface area contributed by atoms with E-state index in [2.05, 4.69) is 4.98 Å². The van der Waals surface area contributed by atoms with Gasteiger partial charge in [0.15, 0.2) is 5.69 Å². The number of ether oxygens (including phenoxy) is 1. The van der Waals surface area contributed by atoms with Crippen molar-refractivity contribution in [3.63, 3.8) is 0 Å². The van der Waals surface area contributed by atoms with Gasteiger partial charge in [-0.15, -0.1) is 0 Å². The lowest BCUT2D eigenvalue weighted by molar-refractivity contribution is 0.0690. The number of anilines is 1. The summed E-state index contributed by atoms with van der Waals surface area (Å²) in [7, 11) is 1.63. The number of aromatic nitrogens is 1. The molecule has 1 heterocycles. The number of hydrogen-bond acceptors (Lipinski definition) is 5. The van der Waals surface area contributed by atoms with Crippen LogP contribution >= 0.6 is 0 Å². The summed E-state index contributed by atoms with van der Waals surface area (Å²) < 4.78 is 10.2. The van der Waals surface area contributed by atoms with Crippen LogP contribution in [0.25, 0.3) is 0 Å². The van der Waals surface area contributed by atoms with Crippen LogP contribution in [0.1, 0.15) is 23.3 Å². The average molecular weight is 226 g/mol. The number of rotatable bonds is 6. The fourth-order valence-corrected chi connectivity index (χ4v) is 1.50. The van der Waals surface area contributed by atoms with Crippen molar-refractivity contribution in [3.05, 3.63) is 12.0 Å². The number of oxazole rings is 1. The van der Waals surface area contributed by atoms with Gasteiger partial charge in [-0.05, 0) is 12.8 Å². The van der Waals surface area contributed by atoms with Crippen molar-refractivity contribution in [2.45, 2.75) is 18.9 Å². The molecule has 0 radical (unpaired) electrons. The number of carboxylic acid groups (broad SMARTS) is 1. The summed E-state index contributed by atoms with van der Waals surface area (Å²) in [4.78, 5) is 16.6. The van der Waals surface area contributed by atoms with Crippen molar-refractivity contribution in [2.24, 2.45) is 0 Å². The molecule has 0 aromatic carbocycles. The van der Waals surface area contributed by atoms with Crippen LogP contribution in [0.15, 0.2) is 10.7 Å². The Labute approximate surface area is 92.8 Å². The van der Waals surface area contributed by atoms with E-state index in [-0.39, 0.29) is 5.69 Å². The van der Waals surface area contributed by atoms with Gasteiger partial charge in [0.25, 0.3) is 6.01 Å². The van der Waals surface area contributed by atoms with Crippen LogP contribution in [0.3, 0.4) is 0 Å². The lowest BCUT2D eigenvalue weighted by Gasteiger charge is -2.19. The molecular formula is C10H14N2O4. The van der Waals surface area contributed by atoms with Gasteiger partial charge in [0.05, 0.1) is 6.61 Å². The van der Waals surface area contributed by atoms with E-state index in [1.807, 2.05) is 4.90 Å². The highest BCUT2D eigenvalue weighted by molar-refractivity contribution is 5.85. The number of nitrogens with zero attached hydrogens (tertiary/aromatic N) is 2. The van der Waals surface area contributed by atoms with Crippen LogP contribution in [0.5, 0.6) is 0 Å². The van der Waals surface area contributed by atoms with E-state index in [4.69, 9.17) is 14.3 Å². The molecule has 0 atom stereocenters. The van der Waals surface area contributed by atoms with Crippen LogP contribution in [0, 0.1) is 0 Å². The van der Waals surface area contributed by atoms with Crippen molar-refractivity contribution in [2.75, 3.05) is 25.2 Å². The standard InChI is InChI=1S/C10H14N2O4/c1-15-5-4-12(7-2-3-7)10-11-8(6-16-10)9(13)14/h6-7H,2-5H2,1H3,(H,13,14). The highest BCUT2D eigenvalue weighted by atomic mass is 16.5. The molecule has 0 saturated heterocycles. The topological polar surface area (TPSA) is 75.8 Å². The maximum Gasteiger partial charge on any atom is 0.357 e. The number of aromatic carboxylic acids is 1. The molecule has 1 aromatic heterocycles. The molecule has 1 saturated carbocycles. The molecule has 6 heteroatoms. The minimum Gasteiger partial charge on any atom is -0.476 e. The van der Waals surface area contributed by atoms with Crippen LogP contribution in [0.4, 0.5) is 6.01 Å². The molecule has 0 bridgehead atoms. The summed E-state index contributed by atoms with van der Waals surface area (Å²) in [6, 6.07) is 0.785. The first-order valence-corrected chi connectivity index (χ1v) is 5.16. The Morgan fingerprint density at radius 3 is 3.00 bits per heavy atom. The summed E-state index contributed by atoms with van der Waals surface area (Å²) in [5, 5.41) is 8.74. The lowest BCUT2D eigenvalue weighted by Crippen LogP contribution is -2.29. The molecule has 2 rings (SSSR count). The largest absolute Gasteiger partial charge is 0.476 e. The van der Waals surface area contributed by atoms with Crippen LogP contribution < -0.4 is 4.90 Å². The minimum absolute atomic E-state index is 0.0573. The summed E-state index contributed by atoms with van der Waals surface area (Å²) in [5.41, 5.74) is -0.0573. The smallest absolute Gasteiger partial charge is 0.357 e. The first-order valence-electron chi connectivity index (χ1n) is 5.16. The maximum atomic E-state index is 10.7. The Kier molecular flexibility index (Phi) is 3.09. The van der Waals surface area contributed by atoms with Crippen LogP contribution in [-0.4, -0.2) is 42.4 Å². The third-order valence-corrected chi connectivity index (χ3v) is 2.48. The number of hydrogen-bond donors (Lipinski definition) is 1. The van der Waals surface area contributed by atoms with Gasteiger partial charge < -0.3 is 19.2 Å². The Balaban J connectivity index is 2.08. The highest BCUT2D eigenvalue weighted by Gasteiger charge is 2.32. The van der Waals surface area contributed by atoms with E-state index in [0.29, 0.717) is 25.2 Å². The molecule has 16 heavy (non-hydrogen) atoms. The third-order valence-electron chi connectivity index (χ3n) is 2.48. The SMILES string of the molecule is COCCN(c1nc(C(=O)O)co1)C1CC1. The molecule has 0 unspecified atom stereocenters. The molecule has 1 aliphatic carbocycles. The first kappa shape index (κ1) is 10.9. The Morgan fingerprint density at radius 1 is 1.75 bits per heavy atom. The van der Waals surface area contributed by atoms with Crippen molar-refractivity contribution in [1.29, 1.82) is 0 Å². The van der Waals surface area contributed by atoms with Gasteiger partial charge in [0.1, 0.15) is 6.26 Å². The van der Waals surface area contributed by atoms with Gasteiger partial charge in [-0.1, -0.05) is 0 Å². The quantitative estimate of drug-likeness (QED) is 0.779. The van der Waals surface area contributed by atoms with E-state index in [1.165, 1.54) is 6.26 Å². The summed E-state index contributed by atoms with van der Waals surface area (Å²) in [6.07, 6.45) is 3.35. The third kappa shape index (κ3) is 2.33. The second kappa shape index (κ2) is 4.52. The monoisotopic (exact) mass is 226 g/mol. The zero-order valence-corrected chi connectivity index (χ0v) is 9.05. The minimum atomic E-state index is -1.07. The summed E-state index contributed by atoms with van der Waals surface area (Å²) in [6.45, 7) is 1.24. The molecular weight excluding hydrogens is 212 g/mol. The maximum absolute atomic E-state index is 10.7. The second-order valence-electron chi connectivity index (χ2n) is 3.74. The predicted molar refractivity (Wildman–Crippen MR) is 55.7 cm³/mol. The van der Waals surface area contributed by atoms with Gasteiger partial charge in [0, 0.05) is 19.7 Å². The van der Waals surface area contributed by atoms with E-state index >= 15 is 0 Å². The Hall–Kier alpha value is -1.56. The summed E-state index contributed by atoms with van der Waals surface area (Å²) in [5.74, 6) is -1.07. The zero-order chi connectivity index (χ0) is 11.5. The van der Waals surface area contributed by atoms with E-state index in [1.54, 1.807) is 7.11 Å². The predicted octanol–water partition coefficient (Wildman–Crippen LogP) is 0.988. The van der Waals surface area contributed by atoms with E-state index in [9.17, 15) is 4.79 Å². The molecule has 0 amide bonds. The number of methoxy groups -OCH3 is 1. The molecule has 1 fully saturated rings. The number of carbonyl (C=O) groups is 1. The van der Waals surface area contributed by atoms with Crippen LogP contribution in [0.2, 0.25) is 0 Å².